The summed E-state index contributed by atoms with van der Waals surface area (Å²) in [6, 6.07) is 1.23. The van der Waals surface area contributed by atoms with Gasteiger partial charge in [-0.15, -0.1) is 0 Å². The fraction of sp³-hybridized carbons (Fsp3) is 0.429. The van der Waals surface area contributed by atoms with Crippen molar-refractivity contribution in [3.8, 4) is 11.3 Å². The molecular formula is C21H28F3N7OSi. The predicted octanol–water partition coefficient (Wildman–Crippen LogP) is 4.86. The van der Waals surface area contributed by atoms with Gasteiger partial charge in [0.25, 0.3) is 0 Å². The third kappa shape index (κ3) is 6.74. The van der Waals surface area contributed by atoms with Crippen molar-refractivity contribution in [3.05, 3.63) is 49.2 Å². The van der Waals surface area contributed by atoms with Gasteiger partial charge >= 0.3 is 6.18 Å². The van der Waals surface area contributed by atoms with Gasteiger partial charge in [0, 0.05) is 63.9 Å². The number of aromatic nitrogens is 7. The lowest BCUT2D eigenvalue weighted by atomic mass is 10.1. The normalized spacial score (nSPS) is 13.1. The molecule has 0 aliphatic carbocycles. The van der Waals surface area contributed by atoms with Crippen LogP contribution in [0.15, 0.2) is 43.4 Å². The van der Waals surface area contributed by atoms with E-state index in [0.717, 1.165) is 16.7 Å². The number of aromatic amines is 2. The monoisotopic (exact) mass is 479 g/mol. The molecule has 0 saturated heterocycles. The Labute approximate surface area is 190 Å². The van der Waals surface area contributed by atoms with E-state index in [9.17, 15) is 13.2 Å². The first-order valence-corrected chi connectivity index (χ1v) is 14.2. The minimum atomic E-state index is -4.47. The molecule has 0 amide bonds. The summed E-state index contributed by atoms with van der Waals surface area (Å²) in [5.41, 5.74) is 1.62. The summed E-state index contributed by atoms with van der Waals surface area (Å²) in [7, 11) is 0.961. The molecule has 4 rings (SSSR count). The number of ether oxygens (including phenoxy) is 1. The third-order valence-corrected chi connectivity index (χ3v) is 6.63. The Hall–Kier alpha value is -2.99. The van der Waals surface area contributed by atoms with Crippen LogP contribution in [0.5, 0.6) is 0 Å². The van der Waals surface area contributed by atoms with Crippen molar-refractivity contribution >= 4 is 19.1 Å². The summed E-state index contributed by atoms with van der Waals surface area (Å²) in [5, 5.41) is 4.63. The van der Waals surface area contributed by atoms with Crippen molar-refractivity contribution in [2.24, 2.45) is 0 Å². The van der Waals surface area contributed by atoms with Crippen LogP contribution in [0, 0.1) is 0 Å². The van der Waals surface area contributed by atoms with Gasteiger partial charge in [-0.2, -0.15) is 18.3 Å². The number of alkyl halides is 3. The molecule has 0 aliphatic rings. The van der Waals surface area contributed by atoms with Gasteiger partial charge in [0.15, 0.2) is 6.04 Å². The number of nitrogens with one attached hydrogen (secondary N) is 2. The summed E-state index contributed by atoms with van der Waals surface area (Å²) in [6.07, 6.45) is 3.87. The minimum absolute atomic E-state index is 0.245. The van der Waals surface area contributed by atoms with Gasteiger partial charge in [-0.05, 0) is 12.1 Å². The second-order valence-electron chi connectivity index (χ2n) is 8.77. The first kappa shape index (κ1) is 24.6. The van der Waals surface area contributed by atoms with E-state index in [-0.39, 0.29) is 12.2 Å². The molecule has 0 aliphatic heterocycles. The summed E-state index contributed by atoms with van der Waals surface area (Å²) < 4.78 is 46.3. The largest absolute Gasteiger partial charge is 0.411 e. The fourth-order valence-electron chi connectivity index (χ4n) is 3.09. The van der Waals surface area contributed by atoms with E-state index in [1.54, 1.807) is 19.4 Å². The Kier molecular flexibility index (Phi) is 7.69. The number of H-pyrrole nitrogens is 2. The van der Waals surface area contributed by atoms with Crippen LogP contribution in [0.2, 0.25) is 25.7 Å². The molecule has 0 fully saturated rings. The van der Waals surface area contributed by atoms with Gasteiger partial charge in [0.05, 0.1) is 11.9 Å². The van der Waals surface area contributed by atoms with Gasteiger partial charge in [0.2, 0.25) is 0 Å². The van der Waals surface area contributed by atoms with Crippen LogP contribution >= 0.6 is 0 Å². The van der Waals surface area contributed by atoms with E-state index >= 15 is 0 Å². The second kappa shape index (κ2) is 10.3. The Morgan fingerprint density at radius 1 is 1.12 bits per heavy atom. The third-order valence-electron chi connectivity index (χ3n) is 4.92. The van der Waals surface area contributed by atoms with Crippen LogP contribution in [0.1, 0.15) is 11.9 Å². The predicted molar refractivity (Wildman–Crippen MR) is 123 cm³/mol. The quantitative estimate of drug-likeness (QED) is 0.369. The zero-order valence-corrected chi connectivity index (χ0v) is 20.0. The maximum atomic E-state index is 13.5. The summed E-state index contributed by atoms with van der Waals surface area (Å²) >= 11 is 0. The van der Waals surface area contributed by atoms with E-state index < -0.39 is 20.3 Å². The highest BCUT2D eigenvalue weighted by molar-refractivity contribution is 6.76. The van der Waals surface area contributed by atoms with Crippen LogP contribution in [-0.2, 0) is 11.2 Å². The van der Waals surface area contributed by atoms with E-state index in [4.69, 9.17) is 4.74 Å². The molecule has 12 heteroatoms. The molecule has 4 aromatic heterocycles. The average Bonchev–Trinajstić information content (AvgIpc) is 3.50. The van der Waals surface area contributed by atoms with Gasteiger partial charge in [-0.3, -0.25) is 4.68 Å². The number of halogens is 3. The molecule has 4 aromatic rings. The van der Waals surface area contributed by atoms with Crippen molar-refractivity contribution in [1.29, 1.82) is 0 Å². The Bertz CT molecular complexity index is 1130. The van der Waals surface area contributed by atoms with Crippen molar-refractivity contribution in [2.45, 2.75) is 44.3 Å². The van der Waals surface area contributed by atoms with Crippen molar-refractivity contribution in [1.82, 2.24) is 34.7 Å². The van der Waals surface area contributed by atoms with Crippen molar-refractivity contribution in [2.75, 3.05) is 13.7 Å². The number of hydrogen-bond acceptors (Lipinski definition) is 5. The molecule has 1 unspecified atom stereocenters. The number of fused-ring (bicyclic) bond motifs is 1. The second-order valence-corrected chi connectivity index (χ2v) is 14.4. The van der Waals surface area contributed by atoms with E-state index in [2.05, 4.69) is 49.7 Å². The summed E-state index contributed by atoms with van der Waals surface area (Å²) in [5.74, 6) is 0.245. The van der Waals surface area contributed by atoms with Gasteiger partial charge in [0.1, 0.15) is 17.8 Å². The van der Waals surface area contributed by atoms with E-state index in [1.165, 1.54) is 37.2 Å². The fourth-order valence-corrected chi connectivity index (χ4v) is 3.91. The number of nitrogens with zero attached hydrogens (tertiary/aromatic N) is 5. The molecule has 0 bridgehead atoms. The molecule has 33 heavy (non-hydrogen) atoms. The topological polar surface area (TPSA) is 97.3 Å². The summed E-state index contributed by atoms with van der Waals surface area (Å²) in [6.45, 7) is 8.00. The summed E-state index contributed by atoms with van der Waals surface area (Å²) in [4.78, 5) is 17.8. The zero-order chi connectivity index (χ0) is 24.1. The standard InChI is InChI=1S/C15H12F3N7.C6H16OSi/c16-15(17,18)11(5-12-19-3-4-20-12)25-7-9(6-24-25)13-10-1-2-21-14(10)23-8-22-13;1-7-5-6-8(2,3)4/h1-4,6-8,11H,5H2,(H,19,20)(H,21,22,23);5-6H2,1-4H3. The van der Waals surface area contributed by atoms with E-state index in [0.29, 0.717) is 16.9 Å². The molecule has 1 atom stereocenters. The average molecular weight is 480 g/mol. The van der Waals surface area contributed by atoms with Crippen LogP contribution in [0.4, 0.5) is 13.2 Å². The zero-order valence-electron chi connectivity index (χ0n) is 19.0. The molecule has 8 nitrogen and oxygen atoms in total. The maximum Gasteiger partial charge on any atom is 0.411 e. The lowest BCUT2D eigenvalue weighted by Crippen LogP contribution is -2.29. The van der Waals surface area contributed by atoms with Gasteiger partial charge < -0.3 is 14.7 Å². The molecule has 4 heterocycles. The minimum Gasteiger partial charge on any atom is -0.385 e. The molecule has 2 N–H and O–H groups in total. The highest BCUT2D eigenvalue weighted by Crippen LogP contribution is 2.34. The molecule has 0 radical (unpaired) electrons. The molecular weight excluding hydrogens is 451 g/mol. The number of imidazole rings is 1. The van der Waals surface area contributed by atoms with Crippen LogP contribution < -0.4 is 0 Å². The van der Waals surface area contributed by atoms with Gasteiger partial charge in [-0.25, -0.2) is 15.0 Å². The first-order valence-electron chi connectivity index (χ1n) is 10.4. The number of rotatable bonds is 7. The van der Waals surface area contributed by atoms with Crippen LogP contribution in [-0.4, -0.2) is 62.7 Å². The van der Waals surface area contributed by atoms with E-state index in [1.807, 2.05) is 0 Å². The first-order chi connectivity index (χ1) is 15.6. The van der Waals surface area contributed by atoms with Crippen LogP contribution in [0.25, 0.3) is 22.3 Å². The number of methoxy groups -OCH3 is 1. The SMILES string of the molecule is COCC[Si](C)(C)C.FC(F)(F)C(Cc1ncc[nH]1)n1cc(-c2ncnc3[nH]ccc23)cn1. The van der Waals surface area contributed by atoms with Crippen molar-refractivity contribution in [3.63, 3.8) is 0 Å². The van der Waals surface area contributed by atoms with Gasteiger partial charge in [-0.1, -0.05) is 19.6 Å². The Morgan fingerprint density at radius 2 is 1.91 bits per heavy atom. The number of hydrogen-bond donors (Lipinski definition) is 2. The smallest absolute Gasteiger partial charge is 0.385 e. The highest BCUT2D eigenvalue weighted by Gasteiger charge is 2.42. The molecule has 0 saturated carbocycles. The highest BCUT2D eigenvalue weighted by atomic mass is 28.3. The molecule has 178 valence electrons. The molecule has 0 spiro atoms. The Morgan fingerprint density at radius 3 is 2.52 bits per heavy atom. The van der Waals surface area contributed by atoms with Crippen LogP contribution in [0.3, 0.4) is 0 Å². The Balaban J connectivity index is 0.000000331. The lowest BCUT2D eigenvalue weighted by molar-refractivity contribution is -0.170. The van der Waals surface area contributed by atoms with Crippen molar-refractivity contribution < 1.29 is 17.9 Å². The lowest BCUT2D eigenvalue weighted by Gasteiger charge is -2.19. The molecule has 0 aromatic carbocycles. The maximum absolute atomic E-state index is 13.5.